The van der Waals surface area contributed by atoms with Crippen LogP contribution in [0.3, 0.4) is 0 Å². The zero-order valence-electron chi connectivity index (χ0n) is 9.99. The number of H-pyrrole nitrogens is 1. The summed E-state index contributed by atoms with van der Waals surface area (Å²) in [6.07, 6.45) is 2.62. The Kier molecular flexibility index (Phi) is 3.33. The second kappa shape index (κ2) is 4.75. The number of hydrogen-bond acceptors (Lipinski definition) is 4. The number of imidazole rings is 1. The molecule has 2 heterocycles. The van der Waals surface area contributed by atoms with E-state index in [1.807, 2.05) is 0 Å². The molecule has 0 bridgehead atoms. The minimum Gasteiger partial charge on any atom is -0.464 e. The van der Waals surface area contributed by atoms with Crippen LogP contribution in [0.15, 0.2) is 4.79 Å². The molecule has 2 rings (SSSR count). The van der Waals surface area contributed by atoms with Gasteiger partial charge in [0.1, 0.15) is 5.69 Å². The van der Waals surface area contributed by atoms with Gasteiger partial charge in [-0.2, -0.15) is 0 Å². The van der Waals surface area contributed by atoms with Crippen molar-refractivity contribution in [2.75, 3.05) is 13.7 Å². The van der Waals surface area contributed by atoms with Gasteiger partial charge in [-0.3, -0.25) is 9.55 Å². The molecule has 1 unspecified atom stereocenters. The van der Waals surface area contributed by atoms with Crippen LogP contribution in [-0.4, -0.2) is 35.3 Å². The third-order valence-corrected chi connectivity index (χ3v) is 3.06. The van der Waals surface area contributed by atoms with Crippen molar-refractivity contribution in [1.29, 1.82) is 0 Å². The van der Waals surface area contributed by atoms with Crippen LogP contribution in [0.4, 0.5) is 0 Å². The Hall–Kier alpha value is -1.56. The molecule has 1 aliphatic heterocycles. The number of ether oxygens (including phenoxy) is 2. The first-order chi connectivity index (χ1) is 8.13. The van der Waals surface area contributed by atoms with E-state index in [9.17, 15) is 9.59 Å². The summed E-state index contributed by atoms with van der Waals surface area (Å²) in [5.41, 5.74) is 0.572. The van der Waals surface area contributed by atoms with Gasteiger partial charge in [-0.05, 0) is 12.8 Å². The number of methoxy groups -OCH3 is 1. The maximum absolute atomic E-state index is 11.5. The van der Waals surface area contributed by atoms with E-state index in [4.69, 9.17) is 4.74 Å². The quantitative estimate of drug-likeness (QED) is 0.767. The molecule has 6 nitrogen and oxygen atoms in total. The molecule has 94 valence electrons. The summed E-state index contributed by atoms with van der Waals surface area (Å²) in [6, 6.07) is 0. The molecule has 0 amide bonds. The monoisotopic (exact) mass is 240 g/mol. The molecule has 1 aromatic heterocycles. The largest absolute Gasteiger partial charge is 0.464 e. The van der Waals surface area contributed by atoms with Crippen LogP contribution < -0.4 is 5.69 Å². The maximum atomic E-state index is 11.5. The highest BCUT2D eigenvalue weighted by atomic mass is 16.5. The SMILES string of the molecule is COC(=O)c1[nH]c(=O)n(C)c1CC1CCCO1. The number of nitrogens with one attached hydrogen (secondary N) is 1. The van der Waals surface area contributed by atoms with E-state index in [-0.39, 0.29) is 17.5 Å². The van der Waals surface area contributed by atoms with Gasteiger partial charge < -0.3 is 9.47 Å². The van der Waals surface area contributed by atoms with E-state index in [2.05, 4.69) is 9.72 Å². The highest BCUT2D eigenvalue weighted by Gasteiger charge is 2.24. The molecule has 1 N–H and O–H groups in total. The smallest absolute Gasteiger partial charge is 0.356 e. The number of carbonyl (C=O) groups excluding carboxylic acids is 1. The van der Waals surface area contributed by atoms with Crippen molar-refractivity contribution in [2.45, 2.75) is 25.4 Å². The zero-order chi connectivity index (χ0) is 12.4. The van der Waals surface area contributed by atoms with E-state index in [1.165, 1.54) is 11.7 Å². The number of rotatable bonds is 3. The summed E-state index contributed by atoms with van der Waals surface area (Å²) in [5.74, 6) is -0.518. The molecule has 1 saturated heterocycles. The molecule has 17 heavy (non-hydrogen) atoms. The number of hydrogen-bond donors (Lipinski definition) is 1. The van der Waals surface area contributed by atoms with Crippen LogP contribution >= 0.6 is 0 Å². The van der Waals surface area contributed by atoms with Crippen LogP contribution in [0.5, 0.6) is 0 Å². The second-order valence-corrected chi connectivity index (χ2v) is 4.14. The standard InChI is InChI=1S/C11H16N2O4/c1-13-8(6-7-4-3-5-17-7)9(10(14)16-2)12-11(13)15/h7H,3-6H2,1-2H3,(H,12,15). The third-order valence-electron chi connectivity index (χ3n) is 3.06. The van der Waals surface area contributed by atoms with E-state index >= 15 is 0 Å². The van der Waals surface area contributed by atoms with Gasteiger partial charge in [-0.15, -0.1) is 0 Å². The summed E-state index contributed by atoms with van der Waals surface area (Å²) in [4.78, 5) is 25.6. The predicted octanol–water partition coefficient (Wildman–Crippen LogP) is 0.221. The van der Waals surface area contributed by atoms with Crippen LogP contribution in [0.25, 0.3) is 0 Å². The van der Waals surface area contributed by atoms with Crippen molar-refractivity contribution < 1.29 is 14.3 Å². The molecule has 0 saturated carbocycles. The molecular formula is C11H16N2O4. The lowest BCUT2D eigenvalue weighted by atomic mass is 10.1. The molecular weight excluding hydrogens is 224 g/mol. The third kappa shape index (κ3) is 2.26. The molecule has 1 aliphatic rings. The number of carbonyl (C=O) groups is 1. The minimum absolute atomic E-state index is 0.0832. The molecule has 1 fully saturated rings. The lowest BCUT2D eigenvalue weighted by Crippen LogP contribution is -2.18. The number of esters is 1. The predicted molar refractivity (Wildman–Crippen MR) is 60.1 cm³/mol. The van der Waals surface area contributed by atoms with Crippen molar-refractivity contribution in [3.8, 4) is 0 Å². The van der Waals surface area contributed by atoms with Gasteiger partial charge in [0, 0.05) is 20.1 Å². The first-order valence-electron chi connectivity index (χ1n) is 5.61. The molecule has 0 aromatic carbocycles. The normalized spacial score (nSPS) is 19.5. The minimum atomic E-state index is -0.518. The van der Waals surface area contributed by atoms with Gasteiger partial charge in [0.05, 0.1) is 18.9 Å². The fraction of sp³-hybridized carbons (Fsp3) is 0.636. The Bertz CT molecular complexity index is 468. The van der Waals surface area contributed by atoms with Crippen molar-refractivity contribution in [3.63, 3.8) is 0 Å². The van der Waals surface area contributed by atoms with Crippen molar-refractivity contribution in [2.24, 2.45) is 7.05 Å². The average molecular weight is 240 g/mol. The lowest BCUT2D eigenvalue weighted by Gasteiger charge is -2.10. The fourth-order valence-electron chi connectivity index (χ4n) is 2.08. The summed E-state index contributed by atoms with van der Waals surface area (Å²) >= 11 is 0. The van der Waals surface area contributed by atoms with Gasteiger partial charge in [-0.25, -0.2) is 9.59 Å². The molecule has 1 aromatic rings. The van der Waals surface area contributed by atoms with Crippen LogP contribution in [-0.2, 0) is 22.9 Å². The number of aromatic nitrogens is 2. The summed E-state index contributed by atoms with van der Waals surface area (Å²) in [6.45, 7) is 0.747. The topological polar surface area (TPSA) is 73.3 Å². The summed E-state index contributed by atoms with van der Waals surface area (Å²) in [7, 11) is 2.93. The highest BCUT2D eigenvalue weighted by Crippen LogP contribution is 2.18. The van der Waals surface area contributed by atoms with E-state index in [0.29, 0.717) is 12.1 Å². The van der Waals surface area contributed by atoms with Gasteiger partial charge in [0.2, 0.25) is 0 Å². The Morgan fingerprint density at radius 3 is 3.00 bits per heavy atom. The average Bonchev–Trinajstić information content (AvgIpc) is 2.92. The maximum Gasteiger partial charge on any atom is 0.356 e. The van der Waals surface area contributed by atoms with Crippen molar-refractivity contribution in [3.05, 3.63) is 21.9 Å². The van der Waals surface area contributed by atoms with Crippen molar-refractivity contribution in [1.82, 2.24) is 9.55 Å². The van der Waals surface area contributed by atoms with Crippen molar-refractivity contribution >= 4 is 5.97 Å². The second-order valence-electron chi connectivity index (χ2n) is 4.14. The molecule has 6 heteroatoms. The molecule has 0 spiro atoms. The zero-order valence-corrected chi connectivity index (χ0v) is 9.99. The van der Waals surface area contributed by atoms with E-state index in [0.717, 1.165) is 19.4 Å². The summed E-state index contributed by atoms with van der Waals surface area (Å²) < 4.78 is 11.6. The van der Waals surface area contributed by atoms with E-state index < -0.39 is 5.97 Å². The van der Waals surface area contributed by atoms with E-state index in [1.54, 1.807) is 7.05 Å². The first kappa shape index (κ1) is 11.9. The lowest BCUT2D eigenvalue weighted by molar-refractivity contribution is 0.0590. The van der Waals surface area contributed by atoms with Crippen LogP contribution in [0.2, 0.25) is 0 Å². The molecule has 0 radical (unpaired) electrons. The molecule has 0 aliphatic carbocycles. The Morgan fingerprint density at radius 1 is 1.65 bits per heavy atom. The van der Waals surface area contributed by atoms with Crippen LogP contribution in [0, 0.1) is 0 Å². The first-order valence-corrected chi connectivity index (χ1v) is 5.61. The van der Waals surface area contributed by atoms with Gasteiger partial charge in [-0.1, -0.05) is 0 Å². The Labute approximate surface area is 98.5 Å². The number of aromatic amines is 1. The number of nitrogens with zero attached hydrogens (tertiary/aromatic N) is 1. The molecule has 1 atom stereocenters. The van der Waals surface area contributed by atoms with Gasteiger partial charge in [0.15, 0.2) is 0 Å². The summed E-state index contributed by atoms with van der Waals surface area (Å²) in [5, 5.41) is 0. The Morgan fingerprint density at radius 2 is 2.41 bits per heavy atom. The fourth-order valence-corrected chi connectivity index (χ4v) is 2.08. The van der Waals surface area contributed by atoms with Gasteiger partial charge in [0.25, 0.3) is 0 Å². The van der Waals surface area contributed by atoms with Gasteiger partial charge >= 0.3 is 11.7 Å². The van der Waals surface area contributed by atoms with Crippen LogP contribution in [0.1, 0.15) is 29.0 Å². The Balaban J connectivity index is 2.29. The highest BCUT2D eigenvalue weighted by molar-refractivity contribution is 5.88.